The van der Waals surface area contributed by atoms with E-state index in [1.54, 1.807) is 11.1 Å². The quantitative estimate of drug-likeness (QED) is 0.630. The number of likely N-dealkylation sites (tertiary alicyclic amines) is 1. The molecule has 3 aromatic rings. The van der Waals surface area contributed by atoms with Gasteiger partial charge in [-0.05, 0) is 38.0 Å². The first kappa shape index (κ1) is 21.1. The number of thiophene rings is 1. The number of nitrogens with zero attached hydrogens (tertiary/aromatic N) is 4. The second kappa shape index (κ2) is 8.54. The second-order valence-electron chi connectivity index (χ2n) is 7.71. The fraction of sp³-hybridized carbons (Fsp3) is 0.381. The molecule has 3 aromatic heterocycles. The van der Waals surface area contributed by atoms with Gasteiger partial charge in [0.2, 0.25) is 11.9 Å². The second-order valence-corrected chi connectivity index (χ2v) is 8.96. The van der Waals surface area contributed by atoms with Gasteiger partial charge in [-0.15, -0.1) is 11.3 Å². The highest BCUT2D eigenvalue weighted by Crippen LogP contribution is 2.29. The summed E-state index contributed by atoms with van der Waals surface area (Å²) in [5.74, 6) is -0.423. The number of aryl methyl sites for hydroxylation is 1. The van der Waals surface area contributed by atoms with Crippen LogP contribution in [-0.4, -0.2) is 50.8 Å². The van der Waals surface area contributed by atoms with Gasteiger partial charge in [-0.1, -0.05) is 0 Å². The monoisotopic (exact) mass is 442 g/mol. The summed E-state index contributed by atoms with van der Waals surface area (Å²) in [7, 11) is 0. The van der Waals surface area contributed by atoms with E-state index in [1.165, 1.54) is 24.3 Å². The molecule has 0 aromatic carbocycles. The fourth-order valence-electron chi connectivity index (χ4n) is 3.70. The van der Waals surface area contributed by atoms with E-state index in [-0.39, 0.29) is 23.9 Å². The van der Waals surface area contributed by atoms with Gasteiger partial charge < -0.3 is 15.5 Å². The largest absolute Gasteiger partial charge is 0.352 e. The molecule has 0 unspecified atom stereocenters. The number of halogens is 1. The number of nitrogens with one attached hydrogen (secondary N) is 2. The number of pyridine rings is 1. The van der Waals surface area contributed by atoms with Crippen molar-refractivity contribution < 1.29 is 14.0 Å². The molecule has 2 amide bonds. The van der Waals surface area contributed by atoms with Crippen LogP contribution in [0.5, 0.6) is 0 Å². The summed E-state index contributed by atoms with van der Waals surface area (Å²) in [4.78, 5) is 40.3. The molecule has 31 heavy (non-hydrogen) atoms. The standard InChI is InChI=1S/C21H23FN6O2S/c1-11-6-17-19(31-11)18(20(30)28-5-4-16(10-28)25-13(3)29)27-21(26-17)24-12(2)14-7-15(22)9-23-8-14/h6-9,12,16H,4-5,10H2,1-3H3,(H,25,29)(H,24,26,27)/t12-,16+/m0/s1. The molecule has 0 aliphatic carbocycles. The molecule has 1 aliphatic rings. The molecule has 0 bridgehead atoms. The third-order valence-corrected chi connectivity index (χ3v) is 6.20. The number of hydrogen-bond donors (Lipinski definition) is 2. The Morgan fingerprint density at radius 3 is 2.84 bits per heavy atom. The molecule has 8 nitrogen and oxygen atoms in total. The summed E-state index contributed by atoms with van der Waals surface area (Å²) in [6.07, 6.45) is 3.43. The first-order chi connectivity index (χ1) is 14.8. The van der Waals surface area contributed by atoms with Crippen LogP contribution < -0.4 is 10.6 Å². The molecule has 1 fully saturated rings. The maximum absolute atomic E-state index is 13.5. The van der Waals surface area contributed by atoms with Crippen LogP contribution in [0.1, 0.15) is 47.2 Å². The number of aromatic nitrogens is 3. The SMILES string of the molecule is CC(=O)N[C@@H]1CCN(C(=O)c2nc(N[C@@H](C)c3cncc(F)c3)nc3cc(C)sc23)C1. The predicted molar refractivity (Wildman–Crippen MR) is 117 cm³/mol. The number of rotatable bonds is 5. The van der Waals surface area contributed by atoms with Crippen molar-refractivity contribution in [2.75, 3.05) is 18.4 Å². The lowest BCUT2D eigenvalue weighted by molar-refractivity contribution is -0.119. The highest BCUT2D eigenvalue weighted by atomic mass is 32.1. The first-order valence-corrected chi connectivity index (χ1v) is 10.8. The van der Waals surface area contributed by atoms with E-state index in [4.69, 9.17) is 0 Å². The van der Waals surface area contributed by atoms with Crippen molar-refractivity contribution in [3.05, 3.63) is 46.5 Å². The van der Waals surface area contributed by atoms with E-state index < -0.39 is 5.82 Å². The Hall–Kier alpha value is -3.14. The van der Waals surface area contributed by atoms with Crippen LogP contribution in [0, 0.1) is 12.7 Å². The number of anilines is 1. The minimum atomic E-state index is -0.422. The summed E-state index contributed by atoms with van der Waals surface area (Å²) >= 11 is 1.47. The van der Waals surface area contributed by atoms with Gasteiger partial charge in [-0.2, -0.15) is 0 Å². The van der Waals surface area contributed by atoms with E-state index in [2.05, 4.69) is 25.6 Å². The van der Waals surface area contributed by atoms with Crippen molar-refractivity contribution in [2.45, 2.75) is 39.3 Å². The number of fused-ring (bicyclic) bond motifs is 1. The Morgan fingerprint density at radius 2 is 2.10 bits per heavy atom. The number of carbonyl (C=O) groups excluding carboxylic acids is 2. The van der Waals surface area contributed by atoms with Crippen molar-refractivity contribution in [3.8, 4) is 0 Å². The summed E-state index contributed by atoms with van der Waals surface area (Å²) in [5.41, 5.74) is 1.67. The van der Waals surface area contributed by atoms with Gasteiger partial charge in [0.1, 0.15) is 5.82 Å². The smallest absolute Gasteiger partial charge is 0.274 e. The van der Waals surface area contributed by atoms with E-state index >= 15 is 0 Å². The minimum absolute atomic E-state index is 0.0538. The zero-order valence-electron chi connectivity index (χ0n) is 17.5. The Bertz CT molecular complexity index is 1150. The average Bonchev–Trinajstić information content (AvgIpc) is 3.32. The lowest BCUT2D eigenvalue weighted by Crippen LogP contribution is -2.37. The Kier molecular flexibility index (Phi) is 5.81. The maximum Gasteiger partial charge on any atom is 0.274 e. The Balaban J connectivity index is 1.62. The number of amides is 2. The fourth-order valence-corrected chi connectivity index (χ4v) is 4.63. The normalized spacial score (nSPS) is 17.0. The van der Waals surface area contributed by atoms with Gasteiger partial charge in [0, 0.05) is 37.1 Å². The first-order valence-electron chi connectivity index (χ1n) is 10.0. The summed E-state index contributed by atoms with van der Waals surface area (Å²) < 4.78 is 14.3. The van der Waals surface area contributed by atoms with Crippen molar-refractivity contribution in [1.82, 2.24) is 25.2 Å². The zero-order chi connectivity index (χ0) is 22.1. The van der Waals surface area contributed by atoms with Gasteiger partial charge in [-0.3, -0.25) is 14.6 Å². The highest BCUT2D eigenvalue weighted by molar-refractivity contribution is 7.19. The van der Waals surface area contributed by atoms with Crippen LogP contribution in [0.15, 0.2) is 24.5 Å². The van der Waals surface area contributed by atoms with Gasteiger partial charge in [-0.25, -0.2) is 14.4 Å². The van der Waals surface area contributed by atoms with Crippen LogP contribution in [0.25, 0.3) is 10.2 Å². The van der Waals surface area contributed by atoms with E-state index in [1.807, 2.05) is 19.9 Å². The number of carbonyl (C=O) groups is 2. The lowest BCUT2D eigenvalue weighted by Gasteiger charge is -2.18. The highest BCUT2D eigenvalue weighted by Gasteiger charge is 2.30. The molecule has 1 aliphatic heterocycles. The zero-order valence-corrected chi connectivity index (χ0v) is 18.3. The molecule has 0 radical (unpaired) electrons. The molecular formula is C21H23FN6O2S. The molecule has 1 saturated heterocycles. The molecule has 10 heteroatoms. The van der Waals surface area contributed by atoms with Crippen LogP contribution >= 0.6 is 11.3 Å². The number of hydrogen-bond acceptors (Lipinski definition) is 7. The van der Waals surface area contributed by atoms with E-state index in [9.17, 15) is 14.0 Å². The molecule has 162 valence electrons. The summed E-state index contributed by atoms with van der Waals surface area (Å²) in [6, 6.07) is 2.96. The minimum Gasteiger partial charge on any atom is -0.352 e. The third kappa shape index (κ3) is 4.63. The van der Waals surface area contributed by atoms with Crippen molar-refractivity contribution in [2.24, 2.45) is 0 Å². The average molecular weight is 443 g/mol. The van der Waals surface area contributed by atoms with E-state index in [0.29, 0.717) is 42.2 Å². The molecule has 4 rings (SSSR count). The van der Waals surface area contributed by atoms with Crippen LogP contribution in [0.2, 0.25) is 0 Å². The Morgan fingerprint density at radius 1 is 1.29 bits per heavy atom. The molecule has 0 spiro atoms. The lowest BCUT2D eigenvalue weighted by atomic mass is 10.1. The van der Waals surface area contributed by atoms with Gasteiger partial charge in [0.15, 0.2) is 5.69 Å². The third-order valence-electron chi connectivity index (χ3n) is 5.15. The van der Waals surface area contributed by atoms with Crippen molar-refractivity contribution >= 4 is 39.3 Å². The van der Waals surface area contributed by atoms with Gasteiger partial charge >= 0.3 is 0 Å². The molecule has 2 N–H and O–H groups in total. The maximum atomic E-state index is 13.5. The van der Waals surface area contributed by atoms with E-state index in [0.717, 1.165) is 15.8 Å². The van der Waals surface area contributed by atoms with Crippen LogP contribution in [0.3, 0.4) is 0 Å². The summed E-state index contributed by atoms with van der Waals surface area (Å²) in [5, 5.41) is 6.02. The molecule has 0 saturated carbocycles. The molecule has 2 atom stereocenters. The van der Waals surface area contributed by atoms with Gasteiger partial charge in [0.05, 0.1) is 22.5 Å². The van der Waals surface area contributed by atoms with Crippen molar-refractivity contribution in [1.29, 1.82) is 0 Å². The van der Waals surface area contributed by atoms with Crippen LogP contribution in [0.4, 0.5) is 10.3 Å². The van der Waals surface area contributed by atoms with Crippen LogP contribution in [-0.2, 0) is 4.79 Å². The van der Waals surface area contributed by atoms with Gasteiger partial charge in [0.25, 0.3) is 5.91 Å². The van der Waals surface area contributed by atoms with Crippen molar-refractivity contribution in [3.63, 3.8) is 0 Å². The predicted octanol–water partition coefficient (Wildman–Crippen LogP) is 3.06. The Labute approximate surface area is 182 Å². The molecular weight excluding hydrogens is 419 g/mol. The molecule has 4 heterocycles. The topological polar surface area (TPSA) is 100 Å². The summed E-state index contributed by atoms with van der Waals surface area (Å²) in [6.45, 7) is 6.27.